The van der Waals surface area contributed by atoms with Crippen molar-refractivity contribution >= 4 is 17.5 Å². The van der Waals surface area contributed by atoms with Crippen LogP contribution in [0.1, 0.15) is 55.7 Å². The number of amides is 1. The summed E-state index contributed by atoms with van der Waals surface area (Å²) in [6, 6.07) is 1.72. The van der Waals surface area contributed by atoms with Crippen LogP contribution in [0.15, 0.2) is 24.5 Å². The normalized spacial score (nSPS) is 23.4. The summed E-state index contributed by atoms with van der Waals surface area (Å²) in [4.78, 5) is 13.0. The molecule has 1 amide bonds. The van der Waals surface area contributed by atoms with Crippen molar-refractivity contribution < 1.29 is 13.6 Å². The molecular weight excluding hydrogens is 384 g/mol. The first kappa shape index (κ1) is 19.4. The minimum atomic E-state index is -0.762. The molecule has 2 aliphatic rings. The number of carbonyl (C=O) groups is 1. The van der Waals surface area contributed by atoms with Crippen molar-refractivity contribution in [2.24, 2.45) is 17.8 Å². The third-order valence-corrected chi connectivity index (χ3v) is 6.66. The second-order valence-electron chi connectivity index (χ2n) is 8.04. The number of aromatic nitrogens is 2. The number of carbonyl (C=O) groups excluding carboxylic acids is 1. The standard InChI is InChI=1S/C21H24ClF2N3O/c22-16-7-8-17(23)18(19(16)24)20(13-3-1-2-4-13)27-21(28)15-6-5-14(15)9-12-10-25-26-11-12/h7-8,10-11,13-15,20H,1-6,9H2,(H,25,26)(H,27,28)/t14-,15+,20+/m1/s1. The van der Waals surface area contributed by atoms with Gasteiger partial charge in [-0.1, -0.05) is 24.4 Å². The Kier molecular flexibility index (Phi) is 5.67. The van der Waals surface area contributed by atoms with Gasteiger partial charge in [0, 0.05) is 17.7 Å². The van der Waals surface area contributed by atoms with Gasteiger partial charge in [0.1, 0.15) is 11.6 Å². The predicted octanol–water partition coefficient (Wildman–Crippen LogP) is 4.96. The van der Waals surface area contributed by atoms with Gasteiger partial charge in [-0.05, 0) is 61.6 Å². The zero-order valence-corrected chi connectivity index (χ0v) is 16.3. The lowest BCUT2D eigenvalue weighted by molar-refractivity contribution is -0.131. The topological polar surface area (TPSA) is 57.8 Å². The molecule has 4 nitrogen and oxygen atoms in total. The number of rotatable bonds is 6. The quantitative estimate of drug-likeness (QED) is 0.665. The van der Waals surface area contributed by atoms with Gasteiger partial charge in [0.2, 0.25) is 5.91 Å². The van der Waals surface area contributed by atoms with Crippen LogP contribution in [0.4, 0.5) is 8.78 Å². The van der Waals surface area contributed by atoms with E-state index in [1.165, 1.54) is 12.1 Å². The molecule has 0 aliphatic heterocycles. The average Bonchev–Trinajstić information content (AvgIpc) is 3.35. The minimum Gasteiger partial charge on any atom is -0.349 e. The molecule has 1 aromatic heterocycles. The fraction of sp³-hybridized carbons (Fsp3) is 0.524. The van der Waals surface area contributed by atoms with Crippen LogP contribution >= 0.6 is 11.6 Å². The number of halogens is 3. The Morgan fingerprint density at radius 2 is 2.04 bits per heavy atom. The van der Waals surface area contributed by atoms with Gasteiger partial charge in [0.05, 0.1) is 17.3 Å². The Labute approximate surface area is 168 Å². The highest BCUT2D eigenvalue weighted by molar-refractivity contribution is 6.30. The maximum Gasteiger partial charge on any atom is 0.223 e. The Hall–Kier alpha value is -1.95. The Morgan fingerprint density at radius 1 is 1.25 bits per heavy atom. The lowest BCUT2D eigenvalue weighted by Crippen LogP contribution is -2.44. The van der Waals surface area contributed by atoms with Gasteiger partial charge < -0.3 is 5.32 Å². The van der Waals surface area contributed by atoms with E-state index < -0.39 is 17.7 Å². The highest BCUT2D eigenvalue weighted by Crippen LogP contribution is 2.41. The van der Waals surface area contributed by atoms with E-state index in [0.29, 0.717) is 0 Å². The molecule has 1 aromatic carbocycles. The fourth-order valence-corrected chi connectivity index (χ4v) is 4.82. The number of benzene rings is 1. The molecule has 7 heteroatoms. The van der Waals surface area contributed by atoms with Crippen LogP contribution in [-0.2, 0) is 11.2 Å². The first-order chi connectivity index (χ1) is 13.5. The van der Waals surface area contributed by atoms with E-state index in [0.717, 1.165) is 50.5 Å². The number of hydrogen-bond acceptors (Lipinski definition) is 2. The molecule has 3 atom stereocenters. The fourth-order valence-electron chi connectivity index (χ4n) is 4.66. The zero-order chi connectivity index (χ0) is 19.7. The number of nitrogens with one attached hydrogen (secondary N) is 2. The summed E-state index contributed by atoms with van der Waals surface area (Å²) in [5.41, 5.74) is 0.972. The van der Waals surface area contributed by atoms with Crippen LogP contribution in [0.2, 0.25) is 5.02 Å². The molecular formula is C21H24ClF2N3O. The molecule has 150 valence electrons. The van der Waals surface area contributed by atoms with Crippen LogP contribution in [-0.4, -0.2) is 16.1 Å². The van der Waals surface area contributed by atoms with Gasteiger partial charge in [-0.2, -0.15) is 5.10 Å². The molecule has 28 heavy (non-hydrogen) atoms. The van der Waals surface area contributed by atoms with Crippen molar-refractivity contribution in [3.8, 4) is 0 Å². The third-order valence-electron chi connectivity index (χ3n) is 6.37. The molecule has 0 bridgehead atoms. The van der Waals surface area contributed by atoms with Crippen LogP contribution in [0.3, 0.4) is 0 Å². The SMILES string of the molecule is O=C(N[C@H](c1c(F)ccc(Cl)c1F)C1CCCC1)[C@H]1CC[C@@H]1Cc1cn[nH]c1. The maximum absolute atomic E-state index is 14.7. The Bertz CT molecular complexity index is 836. The lowest BCUT2D eigenvalue weighted by Gasteiger charge is -2.37. The van der Waals surface area contributed by atoms with E-state index in [1.807, 2.05) is 6.20 Å². The van der Waals surface area contributed by atoms with E-state index in [-0.39, 0.29) is 34.2 Å². The second-order valence-corrected chi connectivity index (χ2v) is 8.45. The van der Waals surface area contributed by atoms with Crippen LogP contribution in [0.25, 0.3) is 0 Å². The van der Waals surface area contributed by atoms with E-state index in [4.69, 9.17) is 11.6 Å². The van der Waals surface area contributed by atoms with Gasteiger partial charge >= 0.3 is 0 Å². The molecule has 0 spiro atoms. The smallest absolute Gasteiger partial charge is 0.223 e. The van der Waals surface area contributed by atoms with Crippen molar-refractivity contribution in [1.29, 1.82) is 0 Å². The molecule has 2 N–H and O–H groups in total. The van der Waals surface area contributed by atoms with Crippen molar-refractivity contribution in [3.05, 3.63) is 52.3 Å². The molecule has 2 aromatic rings. The number of nitrogens with zero attached hydrogens (tertiary/aromatic N) is 1. The van der Waals surface area contributed by atoms with Gasteiger partial charge in [0.25, 0.3) is 0 Å². The summed E-state index contributed by atoms with van der Waals surface area (Å²) in [5.74, 6) is -1.40. The molecule has 2 fully saturated rings. The molecule has 1 heterocycles. The van der Waals surface area contributed by atoms with Crippen molar-refractivity contribution in [2.75, 3.05) is 0 Å². The van der Waals surface area contributed by atoms with E-state index >= 15 is 0 Å². The second kappa shape index (κ2) is 8.19. The summed E-state index contributed by atoms with van der Waals surface area (Å²) in [7, 11) is 0. The number of hydrogen-bond donors (Lipinski definition) is 2. The van der Waals surface area contributed by atoms with Crippen LogP contribution < -0.4 is 5.32 Å². The first-order valence-electron chi connectivity index (χ1n) is 9.96. The Balaban J connectivity index is 1.53. The summed E-state index contributed by atoms with van der Waals surface area (Å²) in [6.45, 7) is 0. The number of aromatic amines is 1. The minimum absolute atomic E-state index is 0.0267. The molecule has 4 rings (SSSR count). The Morgan fingerprint density at radius 3 is 2.68 bits per heavy atom. The van der Waals surface area contributed by atoms with E-state index in [2.05, 4.69) is 15.5 Å². The van der Waals surface area contributed by atoms with Crippen molar-refractivity contribution in [1.82, 2.24) is 15.5 Å². The van der Waals surface area contributed by atoms with Crippen molar-refractivity contribution in [3.63, 3.8) is 0 Å². The van der Waals surface area contributed by atoms with Gasteiger partial charge in [0.15, 0.2) is 0 Å². The van der Waals surface area contributed by atoms with Gasteiger partial charge in [-0.3, -0.25) is 9.89 Å². The summed E-state index contributed by atoms with van der Waals surface area (Å²) >= 11 is 5.91. The summed E-state index contributed by atoms with van der Waals surface area (Å²) < 4.78 is 29.3. The average molecular weight is 408 g/mol. The molecule has 0 saturated heterocycles. The zero-order valence-electron chi connectivity index (χ0n) is 15.6. The number of H-pyrrole nitrogens is 1. The molecule has 2 saturated carbocycles. The first-order valence-corrected chi connectivity index (χ1v) is 10.3. The monoisotopic (exact) mass is 407 g/mol. The lowest BCUT2D eigenvalue weighted by atomic mass is 9.70. The van der Waals surface area contributed by atoms with Crippen LogP contribution in [0, 0.1) is 29.4 Å². The highest BCUT2D eigenvalue weighted by atomic mass is 35.5. The molecule has 0 radical (unpaired) electrons. The highest BCUT2D eigenvalue weighted by Gasteiger charge is 2.40. The van der Waals surface area contributed by atoms with Gasteiger partial charge in [-0.15, -0.1) is 0 Å². The largest absolute Gasteiger partial charge is 0.349 e. The molecule has 0 unspecified atom stereocenters. The maximum atomic E-state index is 14.7. The van der Waals surface area contributed by atoms with E-state index in [1.54, 1.807) is 6.20 Å². The third kappa shape index (κ3) is 3.79. The van der Waals surface area contributed by atoms with Crippen LogP contribution in [0.5, 0.6) is 0 Å². The molecule has 2 aliphatic carbocycles. The van der Waals surface area contributed by atoms with Crippen molar-refractivity contribution in [2.45, 2.75) is 51.0 Å². The summed E-state index contributed by atoms with van der Waals surface area (Å²) in [5, 5.41) is 9.62. The van der Waals surface area contributed by atoms with Gasteiger partial charge in [-0.25, -0.2) is 8.78 Å². The predicted molar refractivity (Wildman–Crippen MR) is 103 cm³/mol. The summed E-state index contributed by atoms with van der Waals surface area (Å²) in [6.07, 6.45) is 9.86. The van der Waals surface area contributed by atoms with E-state index in [9.17, 15) is 13.6 Å².